The third-order valence-electron chi connectivity index (χ3n) is 2.41. The molecule has 8 heteroatoms. The predicted molar refractivity (Wildman–Crippen MR) is 56.5 cm³/mol. The van der Waals surface area contributed by atoms with Gasteiger partial charge >= 0.3 is 0 Å². The van der Waals surface area contributed by atoms with E-state index in [1.54, 1.807) is 0 Å². The zero-order valence-electron chi connectivity index (χ0n) is 8.58. The van der Waals surface area contributed by atoms with Crippen molar-refractivity contribution in [2.75, 3.05) is 5.43 Å². The molecule has 92 valence electrons. The summed E-state index contributed by atoms with van der Waals surface area (Å²) in [5.74, 6) is -3.55. The highest BCUT2D eigenvalue weighted by Crippen LogP contribution is 2.42. The summed E-state index contributed by atoms with van der Waals surface area (Å²) in [7, 11) is 0. The van der Waals surface area contributed by atoms with Crippen molar-refractivity contribution in [2.45, 2.75) is 18.8 Å². The molecule has 0 radical (unpaired) electrons. The topological polar surface area (TPSA) is 66.9 Å². The lowest BCUT2D eigenvalue weighted by Crippen LogP contribution is -2.46. The van der Waals surface area contributed by atoms with Gasteiger partial charge in [-0.2, -0.15) is 0 Å². The van der Waals surface area contributed by atoms with Gasteiger partial charge in [-0.25, -0.2) is 8.78 Å². The van der Waals surface area contributed by atoms with Crippen molar-refractivity contribution >= 4 is 23.3 Å². The number of hydrazine groups is 1. The molecule has 1 aliphatic rings. The first-order valence-corrected chi connectivity index (χ1v) is 5.27. The lowest BCUT2D eigenvalue weighted by Gasteiger charge is -2.33. The molecule has 2 rings (SSSR count). The van der Waals surface area contributed by atoms with Crippen LogP contribution in [0.15, 0.2) is 12.1 Å². The molecular formula is C9H9ClF2N4O. The van der Waals surface area contributed by atoms with E-state index in [-0.39, 0.29) is 11.0 Å². The highest BCUT2D eigenvalue weighted by atomic mass is 35.5. The number of rotatable bonds is 3. The SMILES string of the molecule is O=C(NNc1ccc(Cl)nn1)C1CC(F)(F)C1. The van der Waals surface area contributed by atoms with Crippen molar-refractivity contribution in [3.05, 3.63) is 17.3 Å². The molecule has 0 spiro atoms. The van der Waals surface area contributed by atoms with Gasteiger partial charge in [0, 0.05) is 12.8 Å². The Bertz CT molecular complexity index is 418. The second kappa shape index (κ2) is 4.40. The molecule has 1 amide bonds. The van der Waals surface area contributed by atoms with Gasteiger partial charge < -0.3 is 0 Å². The van der Waals surface area contributed by atoms with Gasteiger partial charge in [0.25, 0.3) is 0 Å². The summed E-state index contributed by atoms with van der Waals surface area (Å²) in [4.78, 5) is 11.4. The average Bonchev–Trinajstić information content (AvgIpc) is 2.24. The lowest BCUT2D eigenvalue weighted by molar-refractivity contribution is -0.149. The highest BCUT2D eigenvalue weighted by Gasteiger charge is 2.48. The molecule has 1 aromatic heterocycles. The molecule has 0 unspecified atom stereocenters. The molecule has 0 saturated heterocycles. The molecule has 0 aromatic carbocycles. The smallest absolute Gasteiger partial charge is 0.249 e. The molecule has 0 aliphatic heterocycles. The van der Waals surface area contributed by atoms with E-state index in [4.69, 9.17) is 11.6 Å². The van der Waals surface area contributed by atoms with E-state index in [9.17, 15) is 13.6 Å². The molecule has 1 fully saturated rings. The lowest BCUT2D eigenvalue weighted by atomic mass is 9.81. The van der Waals surface area contributed by atoms with Crippen molar-refractivity contribution in [3.63, 3.8) is 0 Å². The van der Waals surface area contributed by atoms with E-state index < -0.39 is 30.6 Å². The Balaban J connectivity index is 1.79. The van der Waals surface area contributed by atoms with Gasteiger partial charge in [-0.05, 0) is 12.1 Å². The number of halogens is 3. The fourth-order valence-corrected chi connectivity index (χ4v) is 1.56. The van der Waals surface area contributed by atoms with Crippen LogP contribution in [-0.2, 0) is 4.79 Å². The first-order chi connectivity index (χ1) is 7.96. The second-order valence-corrected chi connectivity index (χ2v) is 4.20. The highest BCUT2D eigenvalue weighted by molar-refractivity contribution is 6.29. The molecule has 2 N–H and O–H groups in total. The third-order valence-corrected chi connectivity index (χ3v) is 2.61. The molecule has 0 bridgehead atoms. The summed E-state index contributed by atoms with van der Waals surface area (Å²) in [5.41, 5.74) is 4.76. The number of amides is 1. The molecule has 1 aromatic rings. The fraction of sp³-hybridized carbons (Fsp3) is 0.444. The van der Waals surface area contributed by atoms with Crippen molar-refractivity contribution in [2.24, 2.45) is 5.92 Å². The number of nitrogens with one attached hydrogen (secondary N) is 2. The first kappa shape index (κ1) is 12.0. The summed E-state index contributed by atoms with van der Waals surface area (Å²) in [6, 6.07) is 2.99. The minimum absolute atomic E-state index is 0.223. The maximum atomic E-state index is 12.5. The van der Waals surface area contributed by atoms with Crippen LogP contribution in [0, 0.1) is 5.92 Å². The number of carbonyl (C=O) groups excluding carboxylic acids is 1. The first-order valence-electron chi connectivity index (χ1n) is 4.89. The normalized spacial score (nSPS) is 18.3. The van der Waals surface area contributed by atoms with Gasteiger partial charge in [-0.15, -0.1) is 10.2 Å². The van der Waals surface area contributed by atoms with Crippen LogP contribution in [-0.4, -0.2) is 22.0 Å². The van der Waals surface area contributed by atoms with Crippen LogP contribution in [0.25, 0.3) is 0 Å². The van der Waals surface area contributed by atoms with E-state index in [2.05, 4.69) is 21.0 Å². The molecular weight excluding hydrogens is 254 g/mol. The monoisotopic (exact) mass is 262 g/mol. The molecule has 17 heavy (non-hydrogen) atoms. The summed E-state index contributed by atoms with van der Waals surface area (Å²) >= 11 is 5.52. The van der Waals surface area contributed by atoms with E-state index in [1.807, 2.05) is 0 Å². The van der Waals surface area contributed by atoms with E-state index in [0.29, 0.717) is 0 Å². The van der Waals surface area contributed by atoms with Gasteiger partial charge in [-0.3, -0.25) is 15.6 Å². The Morgan fingerprint density at radius 3 is 2.65 bits per heavy atom. The molecule has 0 atom stereocenters. The van der Waals surface area contributed by atoms with Crippen molar-refractivity contribution < 1.29 is 13.6 Å². The van der Waals surface area contributed by atoms with Crippen LogP contribution in [0.3, 0.4) is 0 Å². The van der Waals surface area contributed by atoms with Gasteiger partial charge in [-0.1, -0.05) is 11.6 Å². The van der Waals surface area contributed by atoms with E-state index in [1.165, 1.54) is 12.1 Å². The number of anilines is 1. The molecule has 1 saturated carbocycles. The minimum Gasteiger partial charge on any atom is -0.280 e. The van der Waals surface area contributed by atoms with Crippen molar-refractivity contribution in [1.29, 1.82) is 0 Å². The largest absolute Gasteiger partial charge is 0.280 e. The van der Waals surface area contributed by atoms with Crippen LogP contribution in [0.5, 0.6) is 0 Å². The maximum Gasteiger partial charge on any atom is 0.249 e. The molecule has 5 nitrogen and oxygen atoms in total. The fourth-order valence-electron chi connectivity index (χ4n) is 1.46. The Hall–Kier alpha value is -1.50. The number of alkyl halides is 2. The van der Waals surface area contributed by atoms with Gasteiger partial charge in [0.05, 0.1) is 5.92 Å². The summed E-state index contributed by atoms with van der Waals surface area (Å²) in [6.45, 7) is 0. The minimum atomic E-state index is -2.71. The van der Waals surface area contributed by atoms with E-state index in [0.717, 1.165) is 0 Å². The number of hydrogen-bond acceptors (Lipinski definition) is 4. The summed E-state index contributed by atoms with van der Waals surface area (Å²) < 4.78 is 25.0. The number of aromatic nitrogens is 2. The maximum absolute atomic E-state index is 12.5. The molecule has 1 aliphatic carbocycles. The summed E-state index contributed by atoms with van der Waals surface area (Å²) in [5, 5.41) is 7.39. The zero-order chi connectivity index (χ0) is 12.5. The average molecular weight is 263 g/mol. The van der Waals surface area contributed by atoms with Crippen LogP contribution in [0.4, 0.5) is 14.6 Å². The Labute approximate surface area is 101 Å². The van der Waals surface area contributed by atoms with E-state index >= 15 is 0 Å². The Morgan fingerprint density at radius 2 is 2.12 bits per heavy atom. The van der Waals surface area contributed by atoms with Gasteiger partial charge in [0.1, 0.15) is 0 Å². The molecule has 1 heterocycles. The number of carbonyl (C=O) groups is 1. The van der Waals surface area contributed by atoms with Crippen LogP contribution in [0.2, 0.25) is 5.15 Å². The van der Waals surface area contributed by atoms with Crippen molar-refractivity contribution in [1.82, 2.24) is 15.6 Å². The Morgan fingerprint density at radius 1 is 1.41 bits per heavy atom. The van der Waals surface area contributed by atoms with Crippen molar-refractivity contribution in [3.8, 4) is 0 Å². The second-order valence-electron chi connectivity index (χ2n) is 3.82. The Kier molecular flexibility index (Phi) is 3.10. The zero-order valence-corrected chi connectivity index (χ0v) is 9.34. The standard InChI is InChI=1S/C9H9ClF2N4O/c10-6-1-2-7(14-13-6)15-16-8(17)5-3-9(11,12)4-5/h1-2,5H,3-4H2,(H,14,15)(H,16,17). The van der Waals surface area contributed by atoms with Crippen LogP contribution in [0.1, 0.15) is 12.8 Å². The third kappa shape index (κ3) is 3.00. The quantitative estimate of drug-likeness (QED) is 0.813. The summed E-state index contributed by atoms with van der Waals surface area (Å²) in [6.07, 6.45) is -0.820. The van der Waals surface area contributed by atoms with Gasteiger partial charge in [0.2, 0.25) is 11.8 Å². The van der Waals surface area contributed by atoms with Gasteiger partial charge in [0.15, 0.2) is 11.0 Å². The predicted octanol–water partition coefficient (Wildman–Crippen LogP) is 1.62. The number of hydrogen-bond donors (Lipinski definition) is 2. The van der Waals surface area contributed by atoms with Crippen LogP contribution >= 0.6 is 11.6 Å². The number of nitrogens with zero attached hydrogens (tertiary/aromatic N) is 2. The van der Waals surface area contributed by atoms with Crippen LogP contribution < -0.4 is 10.9 Å².